The molecule has 9 heteroatoms. The minimum absolute atomic E-state index is 0.165. The molecule has 202 valence electrons. The second-order valence-electron chi connectivity index (χ2n) is 9.90. The molecule has 2 aliphatic rings. The van der Waals surface area contributed by atoms with Gasteiger partial charge in [0.25, 0.3) is 11.5 Å². The molecule has 2 aromatic carbocycles. The zero-order valence-electron chi connectivity index (χ0n) is 22.0. The molecule has 2 fully saturated rings. The van der Waals surface area contributed by atoms with Gasteiger partial charge in [-0.3, -0.25) is 23.8 Å². The molecule has 0 radical (unpaired) electrons. The number of thiocarbonyl (C=S) groups is 1. The van der Waals surface area contributed by atoms with E-state index in [2.05, 4.69) is 34.1 Å². The number of rotatable bonds is 7. The summed E-state index contributed by atoms with van der Waals surface area (Å²) >= 11 is 6.82. The number of aromatic nitrogens is 2. The number of pyridine rings is 1. The van der Waals surface area contributed by atoms with Gasteiger partial charge in [0.2, 0.25) is 0 Å². The van der Waals surface area contributed by atoms with E-state index in [1.165, 1.54) is 21.7 Å². The third-order valence-electron chi connectivity index (χ3n) is 7.29. The summed E-state index contributed by atoms with van der Waals surface area (Å²) in [6.45, 7) is 4.57. The van der Waals surface area contributed by atoms with Crippen LogP contribution in [0.5, 0.6) is 0 Å². The molecule has 0 saturated carbocycles. The summed E-state index contributed by atoms with van der Waals surface area (Å²) in [5, 5.41) is 0. The molecule has 0 spiro atoms. The summed E-state index contributed by atoms with van der Waals surface area (Å²) in [6, 6.07) is 26.0. The molecule has 4 heterocycles. The van der Waals surface area contributed by atoms with Crippen molar-refractivity contribution in [3.05, 3.63) is 117 Å². The summed E-state index contributed by atoms with van der Waals surface area (Å²) in [7, 11) is 0. The van der Waals surface area contributed by atoms with Gasteiger partial charge in [0.05, 0.1) is 10.5 Å². The molecule has 1 amide bonds. The molecular weight excluding hydrogens is 539 g/mol. The van der Waals surface area contributed by atoms with E-state index in [0.29, 0.717) is 39.2 Å². The van der Waals surface area contributed by atoms with Crippen molar-refractivity contribution in [1.82, 2.24) is 19.2 Å². The van der Waals surface area contributed by atoms with Crippen molar-refractivity contribution in [3.63, 3.8) is 0 Å². The SMILES string of the molecule is O=C1C(=Cc2c(N3CCN(Cc4ccccc4)CC3)nc3ccccn3c2=O)SC(=S)N1CCc1ccccc1. The average Bonchev–Trinajstić information content (AvgIpc) is 3.26. The molecule has 0 bridgehead atoms. The first-order valence-corrected chi connectivity index (χ1v) is 14.6. The van der Waals surface area contributed by atoms with Crippen LogP contribution >= 0.6 is 24.0 Å². The van der Waals surface area contributed by atoms with E-state index in [4.69, 9.17) is 17.2 Å². The number of anilines is 1. The number of fused-ring (bicyclic) bond motifs is 1. The predicted molar refractivity (Wildman–Crippen MR) is 165 cm³/mol. The van der Waals surface area contributed by atoms with Crippen LogP contribution in [0.2, 0.25) is 0 Å². The minimum atomic E-state index is -0.193. The van der Waals surface area contributed by atoms with Gasteiger partial charge in [0.1, 0.15) is 15.8 Å². The van der Waals surface area contributed by atoms with E-state index >= 15 is 0 Å². The first kappa shape index (κ1) is 26.4. The van der Waals surface area contributed by atoms with E-state index in [9.17, 15) is 9.59 Å². The Labute approximate surface area is 242 Å². The van der Waals surface area contributed by atoms with Crippen molar-refractivity contribution in [2.75, 3.05) is 37.6 Å². The van der Waals surface area contributed by atoms with Crippen molar-refractivity contribution in [2.24, 2.45) is 0 Å². The van der Waals surface area contributed by atoms with E-state index in [-0.39, 0.29) is 11.5 Å². The Morgan fingerprint density at radius 3 is 2.25 bits per heavy atom. The summed E-state index contributed by atoms with van der Waals surface area (Å²) in [6.07, 6.45) is 4.12. The number of amides is 1. The zero-order valence-corrected chi connectivity index (χ0v) is 23.6. The lowest BCUT2D eigenvalue weighted by Crippen LogP contribution is -2.47. The zero-order chi connectivity index (χ0) is 27.5. The average molecular weight is 568 g/mol. The molecule has 2 aromatic heterocycles. The lowest BCUT2D eigenvalue weighted by molar-refractivity contribution is -0.122. The maximum Gasteiger partial charge on any atom is 0.267 e. The van der Waals surface area contributed by atoms with E-state index in [0.717, 1.165) is 38.3 Å². The number of benzene rings is 2. The van der Waals surface area contributed by atoms with E-state index in [1.54, 1.807) is 17.2 Å². The van der Waals surface area contributed by atoms with Crippen molar-refractivity contribution >= 4 is 51.7 Å². The Balaban J connectivity index is 1.27. The summed E-state index contributed by atoms with van der Waals surface area (Å²) in [4.78, 5) is 38.7. The molecular formula is C31H29N5O2S2. The summed E-state index contributed by atoms with van der Waals surface area (Å²) < 4.78 is 2.05. The quantitative estimate of drug-likeness (QED) is 0.241. The normalized spacial score (nSPS) is 17.4. The van der Waals surface area contributed by atoms with Gasteiger partial charge in [-0.05, 0) is 35.8 Å². The topological polar surface area (TPSA) is 61.2 Å². The third kappa shape index (κ3) is 5.58. The van der Waals surface area contributed by atoms with Crippen LogP contribution in [-0.4, -0.2) is 62.1 Å². The number of piperazine rings is 1. The number of carbonyl (C=O) groups is 1. The molecule has 4 aromatic rings. The first-order chi connectivity index (χ1) is 19.6. The van der Waals surface area contributed by atoms with E-state index < -0.39 is 0 Å². The molecule has 7 nitrogen and oxygen atoms in total. The van der Waals surface area contributed by atoms with Crippen LogP contribution in [0.3, 0.4) is 0 Å². The van der Waals surface area contributed by atoms with Crippen molar-refractivity contribution in [2.45, 2.75) is 13.0 Å². The molecule has 0 unspecified atom stereocenters. The van der Waals surface area contributed by atoms with Gasteiger partial charge in [-0.25, -0.2) is 4.98 Å². The van der Waals surface area contributed by atoms with Gasteiger partial charge in [-0.2, -0.15) is 0 Å². The van der Waals surface area contributed by atoms with Crippen molar-refractivity contribution in [1.29, 1.82) is 0 Å². The van der Waals surface area contributed by atoms with Crippen LogP contribution in [-0.2, 0) is 17.8 Å². The van der Waals surface area contributed by atoms with Gasteiger partial charge in [0, 0.05) is 45.5 Å². The molecule has 0 atom stereocenters. The van der Waals surface area contributed by atoms with Crippen LogP contribution < -0.4 is 10.5 Å². The Morgan fingerprint density at radius 1 is 0.850 bits per heavy atom. The predicted octanol–water partition coefficient (Wildman–Crippen LogP) is 4.46. The fourth-order valence-electron chi connectivity index (χ4n) is 5.13. The van der Waals surface area contributed by atoms with Gasteiger partial charge >= 0.3 is 0 Å². The molecule has 2 aliphatic heterocycles. The highest BCUT2D eigenvalue weighted by Gasteiger charge is 2.33. The highest BCUT2D eigenvalue weighted by atomic mass is 32.2. The smallest absolute Gasteiger partial charge is 0.267 e. The number of nitrogens with zero attached hydrogens (tertiary/aromatic N) is 5. The number of hydrogen-bond donors (Lipinski definition) is 0. The Bertz CT molecular complexity index is 1630. The standard InChI is InChI=1S/C31H29N5O2S2/c37-29-25(21-26-30(38)36(31(39)40-26)16-14-23-9-3-1-4-10-23)28(32-27-13-7-8-15-35(27)29)34-19-17-33(18-20-34)22-24-11-5-2-6-12-24/h1-13,15,21H,14,16-20,22H2. The number of hydrogen-bond acceptors (Lipinski definition) is 7. The fourth-order valence-corrected chi connectivity index (χ4v) is 6.42. The van der Waals surface area contributed by atoms with E-state index in [1.807, 2.05) is 54.6 Å². The summed E-state index contributed by atoms with van der Waals surface area (Å²) in [5.41, 5.74) is 3.24. The van der Waals surface area contributed by atoms with Gasteiger partial charge < -0.3 is 4.90 Å². The Morgan fingerprint density at radius 2 is 1.52 bits per heavy atom. The highest BCUT2D eigenvalue weighted by Crippen LogP contribution is 2.34. The Kier molecular flexibility index (Phi) is 7.77. The first-order valence-electron chi connectivity index (χ1n) is 13.4. The molecule has 2 saturated heterocycles. The maximum atomic E-state index is 13.7. The fraction of sp³-hybridized carbons (Fsp3) is 0.226. The monoisotopic (exact) mass is 567 g/mol. The lowest BCUT2D eigenvalue weighted by Gasteiger charge is -2.36. The number of thioether (sulfide) groups is 1. The number of carbonyl (C=O) groups excluding carboxylic acids is 1. The van der Waals surface area contributed by atoms with Crippen LogP contribution in [0.1, 0.15) is 16.7 Å². The molecule has 0 aliphatic carbocycles. The largest absolute Gasteiger partial charge is 0.353 e. The maximum absolute atomic E-state index is 13.7. The lowest BCUT2D eigenvalue weighted by atomic mass is 10.1. The Hall–Kier alpha value is -3.79. The van der Waals surface area contributed by atoms with Crippen molar-refractivity contribution < 1.29 is 4.79 Å². The molecule has 6 rings (SSSR count). The minimum Gasteiger partial charge on any atom is -0.353 e. The second-order valence-corrected chi connectivity index (χ2v) is 11.6. The highest BCUT2D eigenvalue weighted by molar-refractivity contribution is 8.26. The van der Waals surface area contributed by atoms with Crippen LogP contribution in [0.25, 0.3) is 11.7 Å². The van der Waals surface area contributed by atoms with Gasteiger partial charge in [-0.1, -0.05) is 90.7 Å². The van der Waals surface area contributed by atoms with Gasteiger partial charge in [-0.15, -0.1) is 0 Å². The van der Waals surface area contributed by atoms with Crippen molar-refractivity contribution in [3.8, 4) is 0 Å². The second kappa shape index (κ2) is 11.8. The van der Waals surface area contributed by atoms with Crippen LogP contribution in [0, 0.1) is 0 Å². The van der Waals surface area contributed by atoms with Crippen LogP contribution in [0.15, 0.2) is 94.8 Å². The third-order valence-corrected chi connectivity index (χ3v) is 8.66. The van der Waals surface area contributed by atoms with Crippen LogP contribution in [0.4, 0.5) is 5.82 Å². The molecule has 40 heavy (non-hydrogen) atoms. The van der Waals surface area contributed by atoms with Gasteiger partial charge in [0.15, 0.2) is 0 Å². The summed E-state index contributed by atoms with van der Waals surface area (Å²) in [5.74, 6) is 0.451. The molecule has 0 N–H and O–H groups in total.